The summed E-state index contributed by atoms with van der Waals surface area (Å²) in [5.41, 5.74) is 1.11. The van der Waals surface area contributed by atoms with Gasteiger partial charge in [-0.3, -0.25) is 0 Å². The standard InChI is InChI=1S/C9H10FN.C2HF3O2/c10-9-3-1-2-7(4-9)8-5-11-6-8;3-2(4,5)1(6)7/h1-4,8,11H,5-6H2;(H,6,7). The van der Waals surface area contributed by atoms with E-state index < -0.39 is 12.1 Å². The molecule has 1 fully saturated rings. The van der Waals surface area contributed by atoms with Crippen LogP contribution in [-0.4, -0.2) is 30.3 Å². The predicted octanol–water partition coefficient (Wildman–Crippen LogP) is 2.15. The summed E-state index contributed by atoms with van der Waals surface area (Å²) in [5, 5.41) is 10.3. The first kappa shape index (κ1) is 14.4. The second-order valence-corrected chi connectivity index (χ2v) is 3.71. The summed E-state index contributed by atoms with van der Waals surface area (Å²) in [6.45, 7) is 1.98. The summed E-state index contributed by atoms with van der Waals surface area (Å²) in [7, 11) is 0. The SMILES string of the molecule is Fc1cccc(C2CNC2)c1.O=C(O)C(F)(F)F. The molecule has 1 heterocycles. The fourth-order valence-corrected chi connectivity index (χ4v) is 1.28. The fraction of sp³-hybridized carbons (Fsp3) is 0.364. The zero-order valence-corrected chi connectivity index (χ0v) is 9.17. The summed E-state index contributed by atoms with van der Waals surface area (Å²) < 4.78 is 44.4. The number of benzene rings is 1. The minimum atomic E-state index is -5.08. The number of alkyl halides is 3. The smallest absolute Gasteiger partial charge is 0.475 e. The van der Waals surface area contributed by atoms with Gasteiger partial charge in [-0.15, -0.1) is 0 Å². The Labute approximate surface area is 100 Å². The first-order chi connectivity index (χ1) is 8.30. The summed E-state index contributed by atoms with van der Waals surface area (Å²) in [5.74, 6) is -2.35. The second-order valence-electron chi connectivity index (χ2n) is 3.71. The molecule has 0 aliphatic carbocycles. The lowest BCUT2D eigenvalue weighted by molar-refractivity contribution is -0.192. The van der Waals surface area contributed by atoms with Gasteiger partial charge in [0.15, 0.2) is 0 Å². The Hall–Kier alpha value is -1.63. The Morgan fingerprint density at radius 3 is 2.22 bits per heavy atom. The lowest BCUT2D eigenvalue weighted by atomic mass is 9.94. The van der Waals surface area contributed by atoms with Crippen LogP contribution in [0.2, 0.25) is 0 Å². The van der Waals surface area contributed by atoms with E-state index in [9.17, 15) is 17.6 Å². The van der Waals surface area contributed by atoms with Gasteiger partial charge in [0.25, 0.3) is 0 Å². The highest BCUT2D eigenvalue weighted by molar-refractivity contribution is 5.73. The van der Waals surface area contributed by atoms with Crippen molar-refractivity contribution in [1.29, 1.82) is 0 Å². The maximum atomic E-state index is 12.7. The summed E-state index contributed by atoms with van der Waals surface area (Å²) >= 11 is 0. The van der Waals surface area contributed by atoms with E-state index in [0.29, 0.717) is 5.92 Å². The molecule has 2 rings (SSSR count). The number of hydrogen-bond acceptors (Lipinski definition) is 2. The van der Waals surface area contributed by atoms with Crippen LogP contribution in [0.25, 0.3) is 0 Å². The van der Waals surface area contributed by atoms with Crippen LogP contribution < -0.4 is 5.32 Å². The maximum Gasteiger partial charge on any atom is 0.490 e. The topological polar surface area (TPSA) is 49.3 Å². The van der Waals surface area contributed by atoms with Gasteiger partial charge in [0.05, 0.1) is 0 Å². The zero-order valence-electron chi connectivity index (χ0n) is 9.17. The highest BCUT2D eigenvalue weighted by atomic mass is 19.4. The molecule has 1 aromatic rings. The van der Waals surface area contributed by atoms with Crippen molar-refractivity contribution in [3.8, 4) is 0 Å². The van der Waals surface area contributed by atoms with Crippen LogP contribution in [0.5, 0.6) is 0 Å². The van der Waals surface area contributed by atoms with Crippen LogP contribution in [0.4, 0.5) is 17.6 Å². The quantitative estimate of drug-likeness (QED) is 0.765. The molecule has 18 heavy (non-hydrogen) atoms. The van der Waals surface area contributed by atoms with Gasteiger partial charge in [0.1, 0.15) is 5.82 Å². The third kappa shape index (κ3) is 4.33. The van der Waals surface area contributed by atoms with Gasteiger partial charge in [-0.2, -0.15) is 13.2 Å². The van der Waals surface area contributed by atoms with Crippen LogP contribution in [-0.2, 0) is 4.79 Å². The first-order valence-electron chi connectivity index (χ1n) is 5.07. The van der Waals surface area contributed by atoms with Gasteiger partial charge in [0.2, 0.25) is 0 Å². The van der Waals surface area contributed by atoms with Crippen molar-refractivity contribution in [2.75, 3.05) is 13.1 Å². The Bertz CT molecular complexity index is 416. The molecule has 3 nitrogen and oxygen atoms in total. The lowest BCUT2D eigenvalue weighted by Crippen LogP contribution is -2.39. The number of halogens is 4. The third-order valence-electron chi connectivity index (χ3n) is 2.34. The molecule has 0 saturated carbocycles. The van der Waals surface area contributed by atoms with Crippen LogP contribution in [0.3, 0.4) is 0 Å². The highest BCUT2D eigenvalue weighted by Crippen LogP contribution is 2.19. The fourth-order valence-electron chi connectivity index (χ4n) is 1.28. The van der Waals surface area contributed by atoms with E-state index in [1.54, 1.807) is 12.1 Å². The molecule has 0 amide bonds. The van der Waals surface area contributed by atoms with Crippen molar-refractivity contribution in [3.05, 3.63) is 35.6 Å². The molecular weight excluding hydrogens is 254 g/mol. The molecule has 2 N–H and O–H groups in total. The first-order valence-corrected chi connectivity index (χ1v) is 5.07. The molecule has 1 aromatic carbocycles. The monoisotopic (exact) mass is 265 g/mol. The van der Waals surface area contributed by atoms with Crippen molar-refractivity contribution < 1.29 is 27.5 Å². The molecule has 0 bridgehead atoms. The molecule has 1 aliphatic heterocycles. The van der Waals surface area contributed by atoms with Crippen molar-refractivity contribution in [1.82, 2.24) is 5.32 Å². The number of carboxylic acids is 1. The van der Waals surface area contributed by atoms with E-state index in [-0.39, 0.29) is 5.82 Å². The highest BCUT2D eigenvalue weighted by Gasteiger charge is 2.38. The van der Waals surface area contributed by atoms with Crippen molar-refractivity contribution in [3.63, 3.8) is 0 Å². The largest absolute Gasteiger partial charge is 0.490 e. The average molecular weight is 265 g/mol. The minimum absolute atomic E-state index is 0.130. The number of carbonyl (C=O) groups is 1. The van der Waals surface area contributed by atoms with Crippen LogP contribution in [0.15, 0.2) is 24.3 Å². The number of hydrogen-bond donors (Lipinski definition) is 2. The van der Waals surface area contributed by atoms with Gasteiger partial charge in [-0.05, 0) is 17.7 Å². The van der Waals surface area contributed by atoms with Gasteiger partial charge in [-0.25, -0.2) is 9.18 Å². The summed E-state index contributed by atoms with van der Waals surface area (Å²) in [6.07, 6.45) is -5.08. The zero-order chi connectivity index (χ0) is 13.8. The van der Waals surface area contributed by atoms with Crippen LogP contribution in [0.1, 0.15) is 11.5 Å². The number of carboxylic acid groups (broad SMARTS) is 1. The van der Waals surface area contributed by atoms with Crippen molar-refractivity contribution in [2.24, 2.45) is 0 Å². The Morgan fingerprint density at radius 1 is 1.33 bits per heavy atom. The van der Waals surface area contributed by atoms with Gasteiger partial charge in [0, 0.05) is 19.0 Å². The van der Waals surface area contributed by atoms with Crippen LogP contribution >= 0.6 is 0 Å². The van der Waals surface area contributed by atoms with Gasteiger partial charge < -0.3 is 10.4 Å². The molecule has 0 atom stereocenters. The molecule has 7 heteroatoms. The molecule has 0 unspecified atom stereocenters. The molecule has 0 spiro atoms. The lowest BCUT2D eigenvalue weighted by Gasteiger charge is -2.27. The number of rotatable bonds is 1. The summed E-state index contributed by atoms with van der Waals surface area (Å²) in [4.78, 5) is 8.90. The van der Waals surface area contributed by atoms with E-state index >= 15 is 0 Å². The molecular formula is C11H11F4NO2. The van der Waals surface area contributed by atoms with Crippen molar-refractivity contribution >= 4 is 5.97 Å². The minimum Gasteiger partial charge on any atom is -0.475 e. The van der Waals surface area contributed by atoms with Gasteiger partial charge in [-0.1, -0.05) is 12.1 Å². The van der Waals surface area contributed by atoms with E-state index in [0.717, 1.165) is 18.7 Å². The van der Waals surface area contributed by atoms with Crippen molar-refractivity contribution in [2.45, 2.75) is 12.1 Å². The van der Waals surface area contributed by atoms with E-state index in [1.165, 1.54) is 6.07 Å². The number of aliphatic carboxylic acids is 1. The average Bonchev–Trinajstić information content (AvgIpc) is 2.14. The molecule has 100 valence electrons. The Kier molecular flexibility index (Phi) is 4.66. The number of nitrogens with one attached hydrogen (secondary N) is 1. The molecule has 1 saturated heterocycles. The second kappa shape index (κ2) is 5.81. The van der Waals surface area contributed by atoms with Crippen LogP contribution in [0, 0.1) is 5.82 Å². The van der Waals surface area contributed by atoms with E-state index in [1.807, 2.05) is 6.07 Å². The van der Waals surface area contributed by atoms with E-state index in [2.05, 4.69) is 5.32 Å². The van der Waals surface area contributed by atoms with Gasteiger partial charge >= 0.3 is 12.1 Å². The third-order valence-corrected chi connectivity index (χ3v) is 2.34. The molecule has 0 aromatic heterocycles. The maximum absolute atomic E-state index is 12.7. The molecule has 1 aliphatic rings. The van der Waals surface area contributed by atoms with E-state index in [4.69, 9.17) is 9.90 Å². The predicted molar refractivity (Wildman–Crippen MR) is 55.7 cm³/mol. The Balaban J connectivity index is 0.000000203. The molecule has 0 radical (unpaired) electrons. The Morgan fingerprint density at radius 2 is 1.89 bits per heavy atom. The summed E-state index contributed by atoms with van der Waals surface area (Å²) in [6, 6.07) is 6.85. The normalized spacial score (nSPS) is 15.3.